The first-order valence-electron chi connectivity index (χ1n) is 7.02. The van der Waals surface area contributed by atoms with Crippen LogP contribution in [0.3, 0.4) is 0 Å². The van der Waals surface area contributed by atoms with Crippen LogP contribution in [0, 0.1) is 22.0 Å². The van der Waals surface area contributed by atoms with Crippen LogP contribution in [0.1, 0.15) is 6.92 Å². The van der Waals surface area contributed by atoms with E-state index < -0.39 is 40.3 Å². The number of ether oxygens (including phenoxy) is 1. The fourth-order valence-electron chi connectivity index (χ4n) is 3.72. The topological polar surface area (TPSA) is 89.8 Å². The molecule has 2 saturated heterocycles. The molecule has 1 aromatic carbocycles. The number of carbonyl (C=O) groups is 2. The van der Waals surface area contributed by atoms with Gasteiger partial charge in [0.25, 0.3) is 5.69 Å². The summed E-state index contributed by atoms with van der Waals surface area (Å²) in [4.78, 5) is 37.0. The maximum atomic E-state index is 12.8. The van der Waals surface area contributed by atoms with E-state index in [0.29, 0.717) is 0 Å². The van der Waals surface area contributed by atoms with Crippen molar-refractivity contribution >= 4 is 34.8 Å². The Hall–Kier alpha value is -2.25. The lowest BCUT2D eigenvalue weighted by atomic mass is 9.78. The Morgan fingerprint density at radius 3 is 2.74 bits per heavy atom. The SMILES string of the molecule is C[C@@]12C=C[C@H](O1)[C@H]1C(=O)N(c3ccc(Cl)cc3[N+](=O)[O-])C(=O)[C@@H]12. The molecule has 7 nitrogen and oxygen atoms in total. The molecule has 3 heterocycles. The van der Waals surface area contributed by atoms with E-state index in [1.54, 1.807) is 19.1 Å². The van der Waals surface area contributed by atoms with Gasteiger partial charge in [0.15, 0.2) is 0 Å². The van der Waals surface area contributed by atoms with Crippen LogP contribution in [0.4, 0.5) is 11.4 Å². The van der Waals surface area contributed by atoms with Crippen LogP contribution in [0.25, 0.3) is 0 Å². The van der Waals surface area contributed by atoms with Gasteiger partial charge in [-0.2, -0.15) is 0 Å². The number of imide groups is 1. The number of halogens is 1. The van der Waals surface area contributed by atoms with Crippen LogP contribution in [0.2, 0.25) is 5.02 Å². The predicted octanol–water partition coefficient (Wildman–Crippen LogP) is 2.08. The summed E-state index contributed by atoms with van der Waals surface area (Å²) in [5.74, 6) is -2.23. The van der Waals surface area contributed by atoms with Crippen LogP contribution in [0.15, 0.2) is 30.4 Å². The van der Waals surface area contributed by atoms with Crippen molar-refractivity contribution in [2.45, 2.75) is 18.6 Å². The van der Waals surface area contributed by atoms with Gasteiger partial charge >= 0.3 is 0 Å². The van der Waals surface area contributed by atoms with Crippen molar-refractivity contribution in [2.75, 3.05) is 4.90 Å². The van der Waals surface area contributed by atoms with Crippen LogP contribution in [0.5, 0.6) is 0 Å². The molecule has 1 aromatic rings. The van der Waals surface area contributed by atoms with Gasteiger partial charge < -0.3 is 4.74 Å². The molecule has 2 bridgehead atoms. The third-order valence-electron chi connectivity index (χ3n) is 4.70. The first-order valence-corrected chi connectivity index (χ1v) is 7.40. The highest BCUT2D eigenvalue weighted by atomic mass is 35.5. The largest absolute Gasteiger partial charge is 0.362 e. The van der Waals surface area contributed by atoms with Crippen molar-refractivity contribution in [1.82, 2.24) is 0 Å². The Balaban J connectivity index is 1.83. The molecule has 23 heavy (non-hydrogen) atoms. The molecule has 3 aliphatic heterocycles. The number of nitro groups is 1. The number of rotatable bonds is 2. The highest BCUT2D eigenvalue weighted by Gasteiger charge is 2.66. The molecule has 2 fully saturated rings. The number of nitrogens with zero attached hydrogens (tertiary/aromatic N) is 2. The molecule has 0 N–H and O–H groups in total. The highest BCUT2D eigenvalue weighted by molar-refractivity contribution is 6.31. The predicted molar refractivity (Wildman–Crippen MR) is 80.0 cm³/mol. The minimum absolute atomic E-state index is 0.0493. The minimum atomic E-state index is -0.835. The molecule has 0 aromatic heterocycles. The summed E-state index contributed by atoms with van der Waals surface area (Å²) < 4.78 is 5.71. The second kappa shape index (κ2) is 4.39. The van der Waals surface area contributed by atoms with Crippen molar-refractivity contribution in [1.29, 1.82) is 0 Å². The molecule has 0 radical (unpaired) electrons. The Bertz CT molecular complexity index is 807. The van der Waals surface area contributed by atoms with E-state index in [4.69, 9.17) is 16.3 Å². The van der Waals surface area contributed by atoms with Crippen molar-refractivity contribution in [3.8, 4) is 0 Å². The normalized spacial score (nSPS) is 34.3. The molecule has 0 saturated carbocycles. The molecular formula is C15H11ClN2O5. The van der Waals surface area contributed by atoms with E-state index in [1.807, 2.05) is 0 Å². The fourth-order valence-corrected chi connectivity index (χ4v) is 3.89. The lowest BCUT2D eigenvalue weighted by Crippen LogP contribution is -2.38. The molecule has 0 aliphatic carbocycles. The number of amides is 2. The number of anilines is 1. The second-order valence-electron chi connectivity index (χ2n) is 6.03. The average Bonchev–Trinajstić information content (AvgIpc) is 3.09. The maximum absolute atomic E-state index is 12.8. The van der Waals surface area contributed by atoms with Gasteiger partial charge in [-0.15, -0.1) is 0 Å². The van der Waals surface area contributed by atoms with E-state index in [-0.39, 0.29) is 16.4 Å². The van der Waals surface area contributed by atoms with E-state index in [0.717, 1.165) is 11.0 Å². The maximum Gasteiger partial charge on any atom is 0.294 e. The second-order valence-corrected chi connectivity index (χ2v) is 6.47. The van der Waals surface area contributed by atoms with E-state index in [2.05, 4.69) is 0 Å². The monoisotopic (exact) mass is 334 g/mol. The van der Waals surface area contributed by atoms with Gasteiger partial charge in [0, 0.05) is 11.1 Å². The number of carbonyl (C=O) groups excluding carboxylic acids is 2. The van der Waals surface area contributed by atoms with E-state index in [9.17, 15) is 19.7 Å². The molecule has 118 valence electrons. The standard InChI is InChI=1S/C15H11ClN2O5/c1-15-5-4-10(23-15)11-12(15)14(20)17(13(11)19)8-3-2-7(16)6-9(8)18(21)22/h2-6,10-12H,1H3/t10-,11+,12+,15-/m0/s1. The molecule has 0 spiro atoms. The molecule has 4 atom stereocenters. The first kappa shape index (κ1) is 14.3. The summed E-state index contributed by atoms with van der Waals surface area (Å²) in [6.45, 7) is 1.75. The fraction of sp³-hybridized carbons (Fsp3) is 0.333. The van der Waals surface area contributed by atoms with Gasteiger partial charge in [-0.3, -0.25) is 19.7 Å². The van der Waals surface area contributed by atoms with Crippen LogP contribution >= 0.6 is 11.6 Å². The molecule has 0 unspecified atom stereocenters. The van der Waals surface area contributed by atoms with E-state index >= 15 is 0 Å². The van der Waals surface area contributed by atoms with Crippen LogP contribution < -0.4 is 4.90 Å². The van der Waals surface area contributed by atoms with Gasteiger partial charge in [-0.1, -0.05) is 23.8 Å². The van der Waals surface area contributed by atoms with Gasteiger partial charge in [-0.05, 0) is 19.1 Å². The van der Waals surface area contributed by atoms with Gasteiger partial charge in [0.05, 0.1) is 28.5 Å². The third kappa shape index (κ3) is 1.74. The van der Waals surface area contributed by atoms with Crippen molar-refractivity contribution in [2.24, 2.45) is 11.8 Å². The number of fused-ring (bicyclic) bond motifs is 5. The Morgan fingerprint density at radius 2 is 2.09 bits per heavy atom. The summed E-state index contributed by atoms with van der Waals surface area (Å²) in [6.07, 6.45) is 3.09. The zero-order chi connectivity index (χ0) is 16.5. The summed E-state index contributed by atoms with van der Waals surface area (Å²) in [5.41, 5.74) is -1.25. The van der Waals surface area contributed by atoms with Gasteiger partial charge in [-0.25, -0.2) is 4.90 Å². The van der Waals surface area contributed by atoms with Crippen molar-refractivity contribution < 1.29 is 19.2 Å². The third-order valence-corrected chi connectivity index (χ3v) is 4.94. The Kier molecular flexibility index (Phi) is 2.74. The number of nitro benzene ring substituents is 1. The lowest BCUT2D eigenvalue weighted by Gasteiger charge is -2.24. The quantitative estimate of drug-likeness (QED) is 0.357. The Labute approximate surface area is 135 Å². The average molecular weight is 335 g/mol. The Morgan fingerprint density at radius 1 is 1.35 bits per heavy atom. The number of benzene rings is 1. The van der Waals surface area contributed by atoms with Crippen molar-refractivity contribution in [3.05, 3.63) is 45.5 Å². The van der Waals surface area contributed by atoms with E-state index in [1.165, 1.54) is 12.1 Å². The molecule has 3 aliphatic rings. The molecular weight excluding hydrogens is 324 g/mol. The number of hydrogen-bond acceptors (Lipinski definition) is 5. The molecule has 4 rings (SSSR count). The van der Waals surface area contributed by atoms with Crippen LogP contribution in [-0.2, 0) is 14.3 Å². The molecule has 2 amide bonds. The van der Waals surface area contributed by atoms with Crippen molar-refractivity contribution in [3.63, 3.8) is 0 Å². The summed E-state index contributed by atoms with van der Waals surface area (Å²) in [7, 11) is 0. The minimum Gasteiger partial charge on any atom is -0.362 e. The smallest absolute Gasteiger partial charge is 0.294 e. The summed E-state index contributed by atoms with van der Waals surface area (Å²) in [5, 5.41) is 11.4. The zero-order valence-electron chi connectivity index (χ0n) is 11.9. The highest BCUT2D eigenvalue weighted by Crippen LogP contribution is 2.53. The van der Waals surface area contributed by atoms with Crippen LogP contribution in [-0.4, -0.2) is 28.4 Å². The molecule has 8 heteroatoms. The lowest BCUT2D eigenvalue weighted by molar-refractivity contribution is -0.384. The summed E-state index contributed by atoms with van der Waals surface area (Å²) >= 11 is 5.79. The number of hydrogen-bond donors (Lipinski definition) is 0. The first-order chi connectivity index (χ1) is 10.8. The van der Waals surface area contributed by atoms with Gasteiger partial charge in [0.2, 0.25) is 11.8 Å². The van der Waals surface area contributed by atoms with Gasteiger partial charge in [0.1, 0.15) is 5.69 Å². The summed E-state index contributed by atoms with van der Waals surface area (Å²) in [6, 6.07) is 3.88. The zero-order valence-corrected chi connectivity index (χ0v) is 12.7.